The first-order valence-electron chi connectivity index (χ1n) is 9.17. The smallest absolute Gasteiger partial charge is 0.236 e. The number of thiophene rings is 1. The van der Waals surface area contributed by atoms with Crippen LogP contribution < -0.4 is 5.32 Å². The molecule has 0 radical (unpaired) electrons. The minimum Gasteiger partial charge on any atom is -0.440 e. The van der Waals surface area contributed by atoms with E-state index in [2.05, 4.69) is 10.3 Å². The lowest BCUT2D eigenvalue weighted by Crippen LogP contribution is -2.35. The Kier molecular flexibility index (Phi) is 5.28. The molecular formula is C20H21N3O4S2. The number of aromatic nitrogens is 1. The van der Waals surface area contributed by atoms with Gasteiger partial charge in [0.2, 0.25) is 21.8 Å². The molecule has 4 rings (SSSR count). The second-order valence-electron chi connectivity index (χ2n) is 7.01. The molecule has 0 atom stereocenters. The average Bonchev–Trinajstić information content (AvgIpc) is 3.31. The molecule has 1 amide bonds. The lowest BCUT2D eigenvalue weighted by atomic mass is 9.99. The molecule has 0 bridgehead atoms. The van der Waals surface area contributed by atoms with Gasteiger partial charge >= 0.3 is 0 Å². The third-order valence-electron chi connectivity index (χ3n) is 4.93. The summed E-state index contributed by atoms with van der Waals surface area (Å²) in [7, 11) is -3.24. The highest BCUT2D eigenvalue weighted by atomic mass is 32.2. The van der Waals surface area contributed by atoms with Gasteiger partial charge in [-0.3, -0.25) is 4.79 Å². The number of rotatable bonds is 5. The van der Waals surface area contributed by atoms with Crippen LogP contribution in [-0.2, 0) is 34.2 Å². The number of nitrogens with one attached hydrogen (secondary N) is 1. The Bertz CT molecular complexity index is 1150. The van der Waals surface area contributed by atoms with E-state index in [9.17, 15) is 13.2 Å². The summed E-state index contributed by atoms with van der Waals surface area (Å²) in [4.78, 5) is 18.0. The first-order valence-corrected chi connectivity index (χ1v) is 11.9. The molecule has 0 saturated carbocycles. The van der Waals surface area contributed by atoms with Crippen LogP contribution in [0.15, 0.2) is 40.1 Å². The van der Waals surface area contributed by atoms with Gasteiger partial charge in [-0.05, 0) is 42.0 Å². The largest absolute Gasteiger partial charge is 0.440 e. The third-order valence-corrected chi connectivity index (χ3v) is 7.03. The molecular weight excluding hydrogens is 410 g/mol. The number of aryl methyl sites for hydroxylation is 1. The number of hydrogen-bond donors (Lipinski definition) is 1. The van der Waals surface area contributed by atoms with E-state index in [1.54, 1.807) is 6.92 Å². The van der Waals surface area contributed by atoms with Gasteiger partial charge in [0.05, 0.1) is 23.2 Å². The maximum absolute atomic E-state index is 12.6. The van der Waals surface area contributed by atoms with Crippen molar-refractivity contribution in [2.75, 3.05) is 18.1 Å². The van der Waals surface area contributed by atoms with Crippen LogP contribution in [0.25, 0.3) is 10.8 Å². The zero-order valence-electron chi connectivity index (χ0n) is 16.1. The Morgan fingerprint density at radius 2 is 2.14 bits per heavy atom. The number of carbonyl (C=O) groups excluding carboxylic acids is 1. The van der Waals surface area contributed by atoms with Crippen molar-refractivity contribution >= 4 is 33.0 Å². The van der Waals surface area contributed by atoms with Crippen molar-refractivity contribution in [3.63, 3.8) is 0 Å². The molecule has 0 unspecified atom stereocenters. The van der Waals surface area contributed by atoms with Crippen molar-refractivity contribution in [2.45, 2.75) is 26.3 Å². The summed E-state index contributed by atoms with van der Waals surface area (Å²) < 4.78 is 30.8. The summed E-state index contributed by atoms with van der Waals surface area (Å²) in [5.74, 6) is 0.971. The monoisotopic (exact) mass is 431 g/mol. The minimum atomic E-state index is -3.24. The molecule has 0 aliphatic carbocycles. The summed E-state index contributed by atoms with van der Waals surface area (Å²) in [5.41, 5.74) is 3.23. The summed E-state index contributed by atoms with van der Waals surface area (Å²) in [6.45, 7) is 2.53. The molecule has 0 saturated heterocycles. The molecule has 1 aliphatic heterocycles. The molecule has 1 N–H and O–H groups in total. The molecule has 2 aromatic heterocycles. The number of sulfonamides is 1. The predicted molar refractivity (Wildman–Crippen MR) is 112 cm³/mol. The Balaban J connectivity index is 1.49. The molecule has 3 aromatic rings. The van der Waals surface area contributed by atoms with Crippen molar-refractivity contribution in [1.29, 1.82) is 0 Å². The Morgan fingerprint density at radius 1 is 1.31 bits per heavy atom. The number of nitrogens with zero attached hydrogens (tertiary/aromatic N) is 2. The molecule has 9 heteroatoms. The van der Waals surface area contributed by atoms with E-state index in [-0.39, 0.29) is 12.3 Å². The molecule has 152 valence electrons. The van der Waals surface area contributed by atoms with Crippen molar-refractivity contribution in [2.24, 2.45) is 0 Å². The van der Waals surface area contributed by atoms with Gasteiger partial charge in [0.25, 0.3) is 0 Å². The first kappa shape index (κ1) is 19.8. The molecule has 1 aliphatic rings. The highest BCUT2D eigenvalue weighted by molar-refractivity contribution is 7.88. The summed E-state index contributed by atoms with van der Waals surface area (Å²) >= 11 is 1.53. The number of amides is 1. The summed E-state index contributed by atoms with van der Waals surface area (Å²) in [6, 6.07) is 9.43. The fraction of sp³-hybridized carbons (Fsp3) is 0.300. The number of fused-ring (bicyclic) bond motifs is 1. The Morgan fingerprint density at radius 3 is 2.86 bits per heavy atom. The fourth-order valence-corrected chi connectivity index (χ4v) is 4.87. The average molecular weight is 432 g/mol. The van der Waals surface area contributed by atoms with Gasteiger partial charge in [-0.25, -0.2) is 13.4 Å². The maximum Gasteiger partial charge on any atom is 0.236 e. The Hall–Kier alpha value is -2.49. The minimum absolute atomic E-state index is 0.111. The van der Waals surface area contributed by atoms with Crippen molar-refractivity contribution in [3.05, 3.63) is 58.3 Å². The zero-order valence-corrected chi connectivity index (χ0v) is 17.8. The van der Waals surface area contributed by atoms with Gasteiger partial charge in [-0.2, -0.15) is 4.31 Å². The molecule has 29 heavy (non-hydrogen) atoms. The van der Waals surface area contributed by atoms with Gasteiger partial charge in [-0.15, -0.1) is 11.3 Å². The van der Waals surface area contributed by atoms with E-state index in [1.165, 1.54) is 21.9 Å². The second kappa shape index (κ2) is 7.74. The molecule has 1 aromatic carbocycles. The number of oxazole rings is 1. The van der Waals surface area contributed by atoms with Crippen LogP contribution >= 0.6 is 11.3 Å². The van der Waals surface area contributed by atoms with Gasteiger partial charge in [-0.1, -0.05) is 18.2 Å². The summed E-state index contributed by atoms with van der Waals surface area (Å²) in [5, 5.41) is 4.91. The SMILES string of the molecule is Cc1oc(-c2cccs2)nc1CC(=O)Nc1cccc2c1CCN(S(C)(=O)=O)C2. The van der Waals surface area contributed by atoms with Crippen LogP contribution in [0.2, 0.25) is 0 Å². The van der Waals surface area contributed by atoms with Crippen LogP contribution in [0.1, 0.15) is 22.6 Å². The van der Waals surface area contributed by atoms with E-state index in [0.717, 1.165) is 21.7 Å². The number of hydrogen-bond acceptors (Lipinski definition) is 6. The van der Waals surface area contributed by atoms with Gasteiger partial charge in [0.15, 0.2) is 0 Å². The number of benzene rings is 1. The van der Waals surface area contributed by atoms with Gasteiger partial charge in [0, 0.05) is 18.8 Å². The van der Waals surface area contributed by atoms with Crippen molar-refractivity contribution in [1.82, 2.24) is 9.29 Å². The maximum atomic E-state index is 12.6. The second-order valence-corrected chi connectivity index (χ2v) is 9.94. The standard InChI is InChI=1S/C20H21N3O4S2/c1-13-17(22-20(27-13)18-7-4-10-28-18)11-19(24)21-16-6-3-5-14-12-23(29(2,25)26)9-8-15(14)16/h3-7,10H,8-9,11-12H2,1-2H3,(H,21,24). The van der Waals surface area contributed by atoms with Crippen molar-refractivity contribution in [3.8, 4) is 10.8 Å². The van der Waals surface area contributed by atoms with Gasteiger partial charge < -0.3 is 9.73 Å². The topological polar surface area (TPSA) is 92.5 Å². The third kappa shape index (κ3) is 4.26. The van der Waals surface area contributed by atoms with Crippen LogP contribution in [-0.4, -0.2) is 36.4 Å². The van der Waals surface area contributed by atoms with E-state index in [1.807, 2.05) is 35.7 Å². The molecule has 7 nitrogen and oxygen atoms in total. The highest BCUT2D eigenvalue weighted by Crippen LogP contribution is 2.28. The van der Waals surface area contributed by atoms with Crippen LogP contribution in [0.4, 0.5) is 5.69 Å². The molecule has 0 fully saturated rings. The number of anilines is 1. The molecule has 0 spiro atoms. The van der Waals surface area contributed by atoms with Crippen molar-refractivity contribution < 1.29 is 17.6 Å². The zero-order chi connectivity index (χ0) is 20.6. The quantitative estimate of drug-likeness (QED) is 0.670. The summed E-state index contributed by atoms with van der Waals surface area (Å²) in [6.07, 6.45) is 1.89. The lowest BCUT2D eigenvalue weighted by molar-refractivity contribution is -0.115. The number of carbonyl (C=O) groups is 1. The van der Waals surface area contributed by atoms with E-state index in [4.69, 9.17) is 4.42 Å². The molecule has 3 heterocycles. The normalized spacial score (nSPS) is 14.6. The fourth-order valence-electron chi connectivity index (χ4n) is 3.43. The van der Waals surface area contributed by atoms with Crippen LogP contribution in [0.3, 0.4) is 0 Å². The van der Waals surface area contributed by atoms with E-state index < -0.39 is 10.0 Å². The predicted octanol–water partition coefficient (Wildman–Crippen LogP) is 3.21. The van der Waals surface area contributed by atoms with E-state index >= 15 is 0 Å². The Labute approximate surface area is 173 Å². The van der Waals surface area contributed by atoms with Crippen LogP contribution in [0.5, 0.6) is 0 Å². The lowest BCUT2D eigenvalue weighted by Gasteiger charge is -2.28. The van der Waals surface area contributed by atoms with Gasteiger partial charge in [0.1, 0.15) is 5.76 Å². The first-order chi connectivity index (χ1) is 13.8. The van der Waals surface area contributed by atoms with Crippen LogP contribution in [0, 0.1) is 6.92 Å². The highest BCUT2D eigenvalue weighted by Gasteiger charge is 2.25. The van der Waals surface area contributed by atoms with E-state index in [0.29, 0.717) is 36.9 Å².